The fraction of sp³-hybridized carbons (Fsp3) is 0.588. The third-order valence-electron chi connectivity index (χ3n) is 4.72. The molecule has 0 spiro atoms. The molecule has 0 aliphatic carbocycles. The van der Waals surface area contributed by atoms with Crippen molar-refractivity contribution in [1.29, 1.82) is 0 Å². The summed E-state index contributed by atoms with van der Waals surface area (Å²) in [5, 5.41) is 12.5. The molecule has 0 radical (unpaired) electrons. The molecular weight excluding hydrogens is 338 g/mol. The van der Waals surface area contributed by atoms with Crippen LogP contribution in [0, 0.1) is 5.92 Å². The number of piperidine rings is 1. The second-order valence-electron chi connectivity index (χ2n) is 6.37. The number of ether oxygens (including phenoxy) is 2. The number of hydrogen-bond donors (Lipinski definition) is 0. The van der Waals surface area contributed by atoms with E-state index in [1.54, 1.807) is 23.8 Å². The highest BCUT2D eigenvalue weighted by atomic mass is 16.5. The van der Waals surface area contributed by atoms with Gasteiger partial charge in [-0.15, -0.1) is 15.3 Å². The van der Waals surface area contributed by atoms with E-state index >= 15 is 0 Å². The van der Waals surface area contributed by atoms with Gasteiger partial charge in [0.1, 0.15) is 0 Å². The minimum Gasteiger partial charge on any atom is -0.480 e. The van der Waals surface area contributed by atoms with Crippen LogP contribution in [0.5, 0.6) is 5.88 Å². The van der Waals surface area contributed by atoms with Crippen LogP contribution in [0.15, 0.2) is 12.1 Å². The molecule has 2 aromatic rings. The first-order valence-corrected chi connectivity index (χ1v) is 8.70. The topological polar surface area (TPSA) is 98.9 Å². The van der Waals surface area contributed by atoms with Crippen molar-refractivity contribution < 1.29 is 19.1 Å². The van der Waals surface area contributed by atoms with E-state index in [0.717, 1.165) is 12.8 Å². The molecule has 26 heavy (non-hydrogen) atoms. The Balaban J connectivity index is 1.53. The molecule has 3 rings (SSSR count). The number of rotatable bonds is 6. The van der Waals surface area contributed by atoms with Crippen molar-refractivity contribution in [3.63, 3.8) is 0 Å². The number of aryl methyl sites for hydroxylation is 1. The number of likely N-dealkylation sites (tertiary alicyclic amines) is 1. The zero-order chi connectivity index (χ0) is 18.5. The molecule has 0 N–H and O–H groups in total. The van der Waals surface area contributed by atoms with Crippen LogP contribution in [0.3, 0.4) is 0 Å². The maximum atomic E-state index is 12.5. The highest BCUT2D eigenvalue weighted by Crippen LogP contribution is 2.21. The number of aromatic nitrogens is 4. The predicted octanol–water partition coefficient (Wildman–Crippen LogP) is 0.867. The first-order chi connectivity index (χ1) is 12.6. The van der Waals surface area contributed by atoms with Crippen LogP contribution in [-0.2, 0) is 20.7 Å². The number of fused-ring (bicyclic) bond motifs is 1. The first-order valence-electron chi connectivity index (χ1n) is 8.70. The van der Waals surface area contributed by atoms with Crippen LogP contribution in [0.1, 0.15) is 31.5 Å². The van der Waals surface area contributed by atoms with Gasteiger partial charge in [0.25, 0.3) is 0 Å². The number of hydrogen-bond acceptors (Lipinski definition) is 7. The lowest BCUT2D eigenvalue weighted by atomic mass is 9.93. The molecule has 3 heterocycles. The van der Waals surface area contributed by atoms with Gasteiger partial charge in [0.05, 0.1) is 14.2 Å². The van der Waals surface area contributed by atoms with E-state index in [0.29, 0.717) is 55.6 Å². The summed E-state index contributed by atoms with van der Waals surface area (Å²) in [5.41, 5.74) is 0.622. The van der Waals surface area contributed by atoms with E-state index in [1.165, 1.54) is 7.11 Å². The summed E-state index contributed by atoms with van der Waals surface area (Å²) in [6.07, 6.45) is 2.89. The van der Waals surface area contributed by atoms with Gasteiger partial charge in [0, 0.05) is 38.4 Å². The van der Waals surface area contributed by atoms with Gasteiger partial charge < -0.3 is 14.4 Å². The zero-order valence-corrected chi connectivity index (χ0v) is 15.1. The highest BCUT2D eigenvalue weighted by Gasteiger charge is 2.24. The van der Waals surface area contributed by atoms with Crippen molar-refractivity contribution in [1.82, 2.24) is 24.7 Å². The van der Waals surface area contributed by atoms with Gasteiger partial charge in [-0.25, -0.2) is 0 Å². The normalized spacial score (nSPS) is 15.2. The van der Waals surface area contributed by atoms with Gasteiger partial charge in [0.2, 0.25) is 11.8 Å². The van der Waals surface area contributed by atoms with Crippen LogP contribution >= 0.6 is 0 Å². The average Bonchev–Trinajstić information content (AvgIpc) is 3.08. The average molecular weight is 361 g/mol. The maximum absolute atomic E-state index is 12.5. The molecule has 0 bridgehead atoms. The van der Waals surface area contributed by atoms with Crippen molar-refractivity contribution in [2.75, 3.05) is 27.3 Å². The molecule has 2 aromatic heterocycles. The number of carbonyl (C=O) groups excluding carboxylic acids is 2. The largest absolute Gasteiger partial charge is 0.480 e. The Labute approximate surface area is 151 Å². The predicted molar refractivity (Wildman–Crippen MR) is 91.6 cm³/mol. The highest BCUT2D eigenvalue weighted by molar-refractivity contribution is 5.76. The summed E-state index contributed by atoms with van der Waals surface area (Å²) in [6.45, 7) is 1.35. The molecule has 9 heteroatoms. The van der Waals surface area contributed by atoms with Crippen molar-refractivity contribution in [2.24, 2.45) is 5.92 Å². The van der Waals surface area contributed by atoms with Crippen LogP contribution < -0.4 is 4.74 Å². The van der Waals surface area contributed by atoms with E-state index in [1.807, 2.05) is 4.90 Å². The van der Waals surface area contributed by atoms with Crippen LogP contribution in [-0.4, -0.2) is 63.9 Å². The van der Waals surface area contributed by atoms with Crippen LogP contribution in [0.2, 0.25) is 0 Å². The van der Waals surface area contributed by atoms with E-state index in [9.17, 15) is 9.59 Å². The lowest BCUT2D eigenvalue weighted by molar-refractivity contribution is -0.142. The van der Waals surface area contributed by atoms with E-state index in [2.05, 4.69) is 15.3 Å². The first kappa shape index (κ1) is 18.1. The van der Waals surface area contributed by atoms with Crippen molar-refractivity contribution in [2.45, 2.75) is 32.1 Å². The van der Waals surface area contributed by atoms with Gasteiger partial charge in [-0.1, -0.05) is 0 Å². The molecule has 0 unspecified atom stereocenters. The van der Waals surface area contributed by atoms with Gasteiger partial charge in [0.15, 0.2) is 11.5 Å². The van der Waals surface area contributed by atoms with Gasteiger partial charge in [-0.3, -0.25) is 9.59 Å². The molecule has 1 fully saturated rings. The monoisotopic (exact) mass is 361 g/mol. The quantitative estimate of drug-likeness (QED) is 0.704. The van der Waals surface area contributed by atoms with Crippen LogP contribution in [0.4, 0.5) is 0 Å². The third-order valence-corrected chi connectivity index (χ3v) is 4.72. The number of methoxy groups -OCH3 is 2. The molecule has 9 nitrogen and oxygen atoms in total. The molecule has 1 saturated heterocycles. The molecule has 1 aliphatic heterocycles. The van der Waals surface area contributed by atoms with Gasteiger partial charge in [-0.05, 0) is 24.8 Å². The fourth-order valence-corrected chi connectivity index (χ4v) is 3.16. The lowest BCUT2D eigenvalue weighted by Gasteiger charge is -2.31. The van der Waals surface area contributed by atoms with Gasteiger partial charge in [-0.2, -0.15) is 4.52 Å². The molecule has 140 valence electrons. The summed E-state index contributed by atoms with van der Waals surface area (Å²) >= 11 is 0. The van der Waals surface area contributed by atoms with Crippen LogP contribution in [0.25, 0.3) is 5.65 Å². The van der Waals surface area contributed by atoms with E-state index in [-0.39, 0.29) is 11.9 Å². The third kappa shape index (κ3) is 4.09. The zero-order valence-electron chi connectivity index (χ0n) is 15.1. The maximum Gasteiger partial charge on any atom is 0.305 e. The molecule has 0 atom stereocenters. The van der Waals surface area contributed by atoms with Crippen molar-refractivity contribution in [3.05, 3.63) is 18.0 Å². The fourth-order valence-electron chi connectivity index (χ4n) is 3.16. The minimum atomic E-state index is -0.184. The minimum absolute atomic E-state index is 0.0844. The van der Waals surface area contributed by atoms with Crippen molar-refractivity contribution in [3.8, 4) is 5.88 Å². The number of amides is 1. The van der Waals surface area contributed by atoms with Crippen molar-refractivity contribution >= 4 is 17.5 Å². The Morgan fingerprint density at radius 1 is 1.19 bits per heavy atom. The molecule has 0 aromatic carbocycles. The Hall–Kier alpha value is -2.71. The second-order valence-corrected chi connectivity index (χ2v) is 6.37. The summed E-state index contributed by atoms with van der Waals surface area (Å²) in [5.74, 6) is 1.30. The SMILES string of the molecule is COC(=O)CC1CCN(C(=O)CCc2nnc3ccc(OC)nn23)CC1. The standard InChI is InChI=1S/C17H23N5O4/c1-25-15-5-3-13-18-19-14(22(13)20-15)4-6-16(23)21-9-7-12(8-10-21)11-17(24)26-2/h3,5,12H,4,6-11H2,1-2H3. The number of nitrogens with zero attached hydrogens (tertiary/aromatic N) is 5. The summed E-state index contributed by atoms with van der Waals surface area (Å²) in [4.78, 5) is 25.7. The Morgan fingerprint density at radius 2 is 1.96 bits per heavy atom. The van der Waals surface area contributed by atoms with Gasteiger partial charge >= 0.3 is 5.97 Å². The molecular formula is C17H23N5O4. The van der Waals surface area contributed by atoms with E-state index in [4.69, 9.17) is 9.47 Å². The molecule has 1 aliphatic rings. The smallest absolute Gasteiger partial charge is 0.305 e. The number of carbonyl (C=O) groups is 2. The Morgan fingerprint density at radius 3 is 2.65 bits per heavy atom. The van der Waals surface area contributed by atoms with E-state index < -0.39 is 0 Å². The molecule has 0 saturated carbocycles. The second kappa shape index (κ2) is 8.11. The lowest BCUT2D eigenvalue weighted by Crippen LogP contribution is -2.39. The Kier molecular flexibility index (Phi) is 5.65. The summed E-state index contributed by atoms with van der Waals surface area (Å²) in [7, 11) is 2.95. The molecule has 1 amide bonds. The summed E-state index contributed by atoms with van der Waals surface area (Å²) < 4.78 is 11.4. The Bertz CT molecular complexity index is 783. The summed E-state index contributed by atoms with van der Waals surface area (Å²) in [6, 6.07) is 3.49. The number of esters is 1.